The lowest BCUT2D eigenvalue weighted by Crippen LogP contribution is -2.21. The van der Waals surface area contributed by atoms with Crippen molar-refractivity contribution in [2.24, 2.45) is 0 Å². The largest absolute Gasteiger partial charge is 0.456 e. The topological polar surface area (TPSA) is 98.5 Å². The van der Waals surface area contributed by atoms with Crippen LogP contribution in [0.4, 0.5) is 11.4 Å². The minimum Gasteiger partial charge on any atom is -0.456 e. The molecule has 0 radical (unpaired) electrons. The first-order valence-electron chi connectivity index (χ1n) is 8.13. The van der Waals surface area contributed by atoms with Crippen LogP contribution in [0.3, 0.4) is 0 Å². The Labute approximate surface area is 164 Å². The minimum absolute atomic E-state index is 0.0320. The normalized spacial score (nSPS) is 16.3. The Hall–Kier alpha value is -1.45. The van der Waals surface area contributed by atoms with E-state index in [-0.39, 0.29) is 22.8 Å². The first-order chi connectivity index (χ1) is 12.5. The fourth-order valence-corrected chi connectivity index (χ4v) is 5.58. The van der Waals surface area contributed by atoms with E-state index in [0.717, 1.165) is 19.3 Å². The van der Waals surface area contributed by atoms with Gasteiger partial charge in [0.25, 0.3) is 11.6 Å². The van der Waals surface area contributed by atoms with Crippen molar-refractivity contribution in [3.63, 3.8) is 0 Å². The number of hydrogen-bond acceptors (Lipinski definition) is 7. The molecule has 0 saturated carbocycles. The van der Waals surface area contributed by atoms with Gasteiger partial charge < -0.3 is 10.1 Å². The highest BCUT2D eigenvalue weighted by molar-refractivity contribution is 8.77. The minimum atomic E-state index is -0.650. The molecule has 142 valence electrons. The number of esters is 1. The Morgan fingerprint density at radius 2 is 2.19 bits per heavy atom. The van der Waals surface area contributed by atoms with Crippen molar-refractivity contribution in [1.82, 2.24) is 0 Å². The Kier molecular flexibility index (Phi) is 8.53. The number of nitro groups is 1. The lowest BCUT2D eigenvalue weighted by atomic mass is 10.1. The number of carbonyl (C=O) groups excluding carboxylic acids is 2. The van der Waals surface area contributed by atoms with Gasteiger partial charge in [0.2, 0.25) is 0 Å². The van der Waals surface area contributed by atoms with E-state index in [1.165, 1.54) is 30.4 Å². The van der Waals surface area contributed by atoms with Gasteiger partial charge in [-0.25, -0.2) is 0 Å². The summed E-state index contributed by atoms with van der Waals surface area (Å²) in [4.78, 5) is 33.9. The summed E-state index contributed by atoms with van der Waals surface area (Å²) in [7, 11) is 3.80. The summed E-state index contributed by atoms with van der Waals surface area (Å²) in [6.07, 6.45) is 4.24. The van der Waals surface area contributed by atoms with Gasteiger partial charge >= 0.3 is 5.97 Å². The molecule has 0 unspecified atom stereocenters. The third kappa shape index (κ3) is 7.05. The predicted octanol–water partition coefficient (Wildman–Crippen LogP) is 4.44. The number of rotatable bonds is 9. The molecule has 0 spiro atoms. The third-order valence-corrected chi connectivity index (χ3v) is 6.92. The van der Waals surface area contributed by atoms with Gasteiger partial charge in [-0.3, -0.25) is 19.7 Å². The molecule has 0 aromatic heterocycles. The smallest absolute Gasteiger partial charge is 0.306 e. The Morgan fingerprint density at radius 3 is 2.88 bits per heavy atom. The fourth-order valence-electron chi connectivity index (χ4n) is 2.38. The van der Waals surface area contributed by atoms with Crippen LogP contribution in [0.15, 0.2) is 18.2 Å². The van der Waals surface area contributed by atoms with Crippen molar-refractivity contribution < 1.29 is 19.2 Å². The number of benzene rings is 1. The van der Waals surface area contributed by atoms with Crippen LogP contribution in [0.5, 0.6) is 0 Å². The monoisotopic (exact) mass is 418 g/mol. The highest BCUT2D eigenvalue weighted by Gasteiger charge is 2.18. The second kappa shape index (κ2) is 10.6. The molecule has 1 aromatic rings. The molecule has 1 N–H and O–H groups in total. The zero-order chi connectivity index (χ0) is 18.9. The second-order valence-electron chi connectivity index (χ2n) is 5.70. The summed E-state index contributed by atoms with van der Waals surface area (Å²) >= 11 is 5.79. The van der Waals surface area contributed by atoms with Crippen molar-refractivity contribution in [3.05, 3.63) is 33.3 Å². The average Bonchev–Trinajstić information content (AvgIpc) is 3.10. The van der Waals surface area contributed by atoms with E-state index in [1.807, 2.05) is 21.6 Å². The van der Waals surface area contributed by atoms with Gasteiger partial charge in [-0.1, -0.05) is 39.6 Å². The first-order valence-corrected chi connectivity index (χ1v) is 10.9. The highest BCUT2D eigenvalue weighted by atomic mass is 35.5. The summed E-state index contributed by atoms with van der Waals surface area (Å²) in [5, 5.41) is 14.2. The molecule has 7 nitrogen and oxygen atoms in total. The van der Waals surface area contributed by atoms with E-state index < -0.39 is 23.4 Å². The predicted molar refractivity (Wildman–Crippen MR) is 105 cm³/mol. The van der Waals surface area contributed by atoms with Gasteiger partial charge in [0.15, 0.2) is 6.61 Å². The molecule has 1 aromatic carbocycles. The number of nitrogens with one attached hydrogen (secondary N) is 1. The van der Waals surface area contributed by atoms with Crippen LogP contribution >= 0.6 is 33.2 Å². The molecule has 2 rings (SSSR count). The van der Waals surface area contributed by atoms with E-state index in [4.69, 9.17) is 16.3 Å². The number of amides is 1. The number of unbranched alkanes of at least 4 members (excludes halogenated alkanes) is 1. The van der Waals surface area contributed by atoms with Gasteiger partial charge in [0, 0.05) is 28.5 Å². The standard InChI is InChI=1S/C16H19ClN2O5S2/c17-11-5-6-14(19(22)23)13(9-11)18-15(20)10-24-16(21)4-2-1-3-12-7-8-25-26-12/h5-6,9,12H,1-4,7-8,10H2,(H,18,20)/t12-/m0/s1. The molecule has 1 atom stereocenters. The van der Waals surface area contributed by atoms with Crippen LogP contribution in [-0.2, 0) is 14.3 Å². The summed E-state index contributed by atoms with van der Waals surface area (Å²) < 4.78 is 4.92. The number of halogens is 1. The molecule has 1 saturated heterocycles. The van der Waals surface area contributed by atoms with Gasteiger partial charge in [0.05, 0.1) is 4.92 Å². The van der Waals surface area contributed by atoms with E-state index >= 15 is 0 Å². The summed E-state index contributed by atoms with van der Waals surface area (Å²) in [5.41, 5.74) is -0.312. The van der Waals surface area contributed by atoms with Crippen molar-refractivity contribution in [1.29, 1.82) is 0 Å². The number of hydrogen-bond donors (Lipinski definition) is 1. The Morgan fingerprint density at radius 1 is 1.38 bits per heavy atom. The SMILES string of the molecule is O=C(COC(=O)CCCC[C@H]1CCSS1)Nc1cc(Cl)ccc1[N+](=O)[O-]. The molecule has 26 heavy (non-hydrogen) atoms. The molecule has 0 aliphatic carbocycles. The molecule has 1 amide bonds. The molecular formula is C16H19ClN2O5S2. The maximum atomic E-state index is 11.8. The Bertz CT molecular complexity index is 668. The Balaban J connectivity index is 1.68. The van der Waals surface area contributed by atoms with Crippen molar-refractivity contribution >= 4 is 56.4 Å². The first kappa shape index (κ1) is 20.9. The van der Waals surface area contributed by atoms with E-state index in [2.05, 4.69) is 5.32 Å². The molecule has 0 bridgehead atoms. The fraction of sp³-hybridized carbons (Fsp3) is 0.500. The van der Waals surface area contributed by atoms with Crippen molar-refractivity contribution in [3.8, 4) is 0 Å². The molecule has 1 heterocycles. The number of ether oxygens (including phenoxy) is 1. The van der Waals surface area contributed by atoms with Crippen LogP contribution in [0.25, 0.3) is 0 Å². The van der Waals surface area contributed by atoms with Crippen molar-refractivity contribution in [2.75, 3.05) is 17.7 Å². The molecule has 10 heteroatoms. The van der Waals surface area contributed by atoms with Crippen LogP contribution in [0.2, 0.25) is 5.02 Å². The number of nitro benzene ring substituents is 1. The van der Waals surface area contributed by atoms with Gasteiger partial charge in [-0.15, -0.1) is 0 Å². The molecular weight excluding hydrogens is 400 g/mol. The number of anilines is 1. The van der Waals surface area contributed by atoms with Gasteiger partial charge in [-0.05, 0) is 31.4 Å². The maximum Gasteiger partial charge on any atom is 0.306 e. The van der Waals surface area contributed by atoms with E-state index in [1.54, 1.807) is 0 Å². The van der Waals surface area contributed by atoms with Gasteiger partial charge in [-0.2, -0.15) is 0 Å². The summed E-state index contributed by atoms with van der Waals surface area (Å²) in [5.74, 6) is 0.0920. The second-order valence-corrected chi connectivity index (χ2v) is 8.93. The van der Waals surface area contributed by atoms with E-state index in [0.29, 0.717) is 5.25 Å². The molecule has 1 fully saturated rings. The van der Waals surface area contributed by atoms with Gasteiger partial charge in [0.1, 0.15) is 5.69 Å². The zero-order valence-corrected chi connectivity index (χ0v) is 16.3. The highest BCUT2D eigenvalue weighted by Crippen LogP contribution is 2.39. The quantitative estimate of drug-likeness (QED) is 0.208. The van der Waals surface area contributed by atoms with E-state index in [9.17, 15) is 19.7 Å². The molecule has 1 aliphatic heterocycles. The summed E-state index contributed by atoms with van der Waals surface area (Å²) in [6, 6.07) is 3.84. The van der Waals surface area contributed by atoms with Crippen LogP contribution in [0.1, 0.15) is 32.1 Å². The van der Waals surface area contributed by atoms with Crippen LogP contribution in [0, 0.1) is 10.1 Å². The zero-order valence-electron chi connectivity index (χ0n) is 13.9. The number of carbonyl (C=O) groups is 2. The summed E-state index contributed by atoms with van der Waals surface area (Å²) in [6.45, 7) is -0.488. The lowest BCUT2D eigenvalue weighted by Gasteiger charge is -2.08. The lowest BCUT2D eigenvalue weighted by molar-refractivity contribution is -0.383. The average molecular weight is 419 g/mol. The molecule has 1 aliphatic rings. The maximum absolute atomic E-state index is 11.8. The van der Waals surface area contributed by atoms with Crippen LogP contribution < -0.4 is 5.32 Å². The van der Waals surface area contributed by atoms with Crippen LogP contribution in [-0.4, -0.2) is 34.4 Å². The van der Waals surface area contributed by atoms with Crippen molar-refractivity contribution in [2.45, 2.75) is 37.4 Å². The third-order valence-electron chi connectivity index (χ3n) is 3.68. The number of nitrogens with zero attached hydrogens (tertiary/aromatic N) is 1.